The summed E-state index contributed by atoms with van der Waals surface area (Å²) in [6.07, 6.45) is 0. The van der Waals surface area contributed by atoms with Crippen LogP contribution in [0.2, 0.25) is 0 Å². The van der Waals surface area contributed by atoms with Crippen molar-refractivity contribution >= 4 is 21.9 Å². The quantitative estimate of drug-likeness (QED) is 0.852. The summed E-state index contributed by atoms with van der Waals surface area (Å²) in [7, 11) is 1.30. The van der Waals surface area contributed by atoms with Crippen molar-refractivity contribution in [2.75, 3.05) is 7.11 Å². The van der Waals surface area contributed by atoms with Crippen LogP contribution in [0.5, 0.6) is 5.75 Å². The Labute approximate surface area is 88.6 Å². The molecule has 0 bridgehead atoms. The van der Waals surface area contributed by atoms with E-state index in [9.17, 15) is 9.18 Å². The topological polar surface area (TPSA) is 46.5 Å². The van der Waals surface area contributed by atoms with E-state index in [1.54, 1.807) is 0 Å². The normalized spacial score (nSPS) is 9.93. The first-order chi connectivity index (χ1) is 6.60. The molecule has 14 heavy (non-hydrogen) atoms. The predicted molar refractivity (Wildman–Crippen MR) is 52.5 cm³/mol. The summed E-state index contributed by atoms with van der Waals surface area (Å²) in [4.78, 5) is 10.7. The average Bonchev–Trinajstić information content (AvgIpc) is 2.15. The molecule has 3 nitrogen and oxygen atoms in total. The minimum atomic E-state index is -1.33. The number of carboxylic acids is 1. The fraction of sp³-hybridized carbons (Fsp3) is 0.222. The van der Waals surface area contributed by atoms with Crippen molar-refractivity contribution in [3.63, 3.8) is 0 Å². The summed E-state index contributed by atoms with van der Waals surface area (Å²) in [6.45, 7) is 0. The number of carbonyl (C=O) groups is 1. The zero-order valence-electron chi connectivity index (χ0n) is 7.38. The second-order valence-electron chi connectivity index (χ2n) is 2.59. The summed E-state index contributed by atoms with van der Waals surface area (Å²) < 4.78 is 18.0. The molecule has 0 aliphatic rings. The van der Waals surface area contributed by atoms with E-state index in [-0.39, 0.29) is 5.75 Å². The second-order valence-corrected chi connectivity index (χ2v) is 3.15. The lowest BCUT2D eigenvalue weighted by atomic mass is 10.1. The number of halogens is 2. The van der Waals surface area contributed by atoms with Gasteiger partial charge >= 0.3 is 5.97 Å². The Morgan fingerprint density at radius 3 is 2.71 bits per heavy atom. The van der Waals surface area contributed by atoms with Crippen molar-refractivity contribution in [3.8, 4) is 5.75 Å². The summed E-state index contributed by atoms with van der Waals surface area (Å²) in [6, 6.07) is 2.65. The third-order valence-corrected chi connectivity index (χ3v) is 2.35. The molecule has 5 heteroatoms. The van der Waals surface area contributed by atoms with Crippen LogP contribution in [0.25, 0.3) is 0 Å². The summed E-state index contributed by atoms with van der Waals surface area (Å²) >= 11 is 3.15. The van der Waals surface area contributed by atoms with Gasteiger partial charge in [0.25, 0.3) is 0 Å². The van der Waals surface area contributed by atoms with Gasteiger partial charge < -0.3 is 9.84 Å². The molecule has 0 radical (unpaired) electrons. The molecule has 1 N–H and O–H groups in total. The lowest BCUT2D eigenvalue weighted by Gasteiger charge is -2.07. The minimum Gasteiger partial charge on any atom is -0.496 e. The zero-order valence-corrected chi connectivity index (χ0v) is 8.97. The molecule has 0 amide bonds. The van der Waals surface area contributed by atoms with Gasteiger partial charge in [-0.25, -0.2) is 9.18 Å². The summed E-state index contributed by atoms with van der Waals surface area (Å²) in [5, 5.41) is 9.15. The Kier molecular flexibility index (Phi) is 3.46. The van der Waals surface area contributed by atoms with Gasteiger partial charge in [-0.3, -0.25) is 0 Å². The molecule has 1 aromatic rings. The number of carboxylic acid groups (broad SMARTS) is 1. The average molecular weight is 263 g/mol. The number of aromatic carboxylic acids is 1. The van der Waals surface area contributed by atoms with Gasteiger partial charge in [0.2, 0.25) is 0 Å². The smallest absolute Gasteiger partial charge is 0.342 e. The van der Waals surface area contributed by atoms with Gasteiger partial charge in [0.15, 0.2) is 0 Å². The van der Waals surface area contributed by atoms with Gasteiger partial charge in [0.05, 0.1) is 7.11 Å². The van der Waals surface area contributed by atoms with Crippen LogP contribution in [0.1, 0.15) is 15.9 Å². The largest absolute Gasteiger partial charge is 0.496 e. The number of rotatable bonds is 3. The Morgan fingerprint density at radius 1 is 1.64 bits per heavy atom. The molecule has 1 aromatic carbocycles. The molecule has 0 saturated heterocycles. The number of methoxy groups -OCH3 is 1. The van der Waals surface area contributed by atoms with E-state index < -0.39 is 17.3 Å². The molecule has 0 aromatic heterocycles. The minimum absolute atomic E-state index is 0.0342. The number of hydrogen-bond donors (Lipinski definition) is 1. The third-order valence-electron chi connectivity index (χ3n) is 1.70. The lowest BCUT2D eigenvalue weighted by molar-refractivity contribution is 0.0688. The van der Waals surface area contributed by atoms with E-state index in [4.69, 9.17) is 9.84 Å². The van der Waals surface area contributed by atoms with Gasteiger partial charge in [0.1, 0.15) is 17.1 Å². The van der Waals surface area contributed by atoms with Gasteiger partial charge in [-0.2, -0.15) is 0 Å². The Balaban J connectivity index is 3.34. The molecule has 0 atom stereocenters. The van der Waals surface area contributed by atoms with Crippen LogP contribution in [0.15, 0.2) is 12.1 Å². The highest BCUT2D eigenvalue weighted by molar-refractivity contribution is 9.08. The predicted octanol–water partition coefficient (Wildman–Crippen LogP) is 2.43. The standard InChI is InChI=1S/C9H8BrFO3/c1-14-7-3-5(4-10)2-6(11)8(7)9(12)13/h2-3H,4H2,1H3,(H,12,13). The van der Waals surface area contributed by atoms with Crippen LogP contribution in [0, 0.1) is 5.82 Å². The van der Waals surface area contributed by atoms with Crippen molar-refractivity contribution in [2.24, 2.45) is 0 Å². The molecule has 0 aliphatic carbocycles. The maximum Gasteiger partial charge on any atom is 0.342 e. The molecule has 0 saturated carbocycles. The van der Waals surface area contributed by atoms with Gasteiger partial charge in [0, 0.05) is 5.33 Å². The van der Waals surface area contributed by atoms with E-state index in [2.05, 4.69) is 15.9 Å². The van der Waals surface area contributed by atoms with Crippen LogP contribution in [-0.4, -0.2) is 18.2 Å². The monoisotopic (exact) mass is 262 g/mol. The van der Waals surface area contributed by atoms with Gasteiger partial charge in [-0.1, -0.05) is 15.9 Å². The highest BCUT2D eigenvalue weighted by Gasteiger charge is 2.17. The van der Waals surface area contributed by atoms with E-state index in [0.29, 0.717) is 10.9 Å². The van der Waals surface area contributed by atoms with Crippen LogP contribution >= 0.6 is 15.9 Å². The van der Waals surface area contributed by atoms with Crippen molar-refractivity contribution in [1.82, 2.24) is 0 Å². The Morgan fingerprint density at radius 2 is 2.29 bits per heavy atom. The Bertz CT molecular complexity index is 365. The summed E-state index contributed by atoms with van der Waals surface area (Å²) in [5.41, 5.74) is 0.196. The third kappa shape index (κ3) is 2.04. The fourth-order valence-corrected chi connectivity index (χ4v) is 1.40. The second kappa shape index (κ2) is 4.41. The van der Waals surface area contributed by atoms with Crippen molar-refractivity contribution in [1.29, 1.82) is 0 Å². The van der Waals surface area contributed by atoms with E-state index in [1.165, 1.54) is 19.2 Å². The SMILES string of the molecule is COc1cc(CBr)cc(F)c1C(=O)O. The Hall–Kier alpha value is -1.10. The number of ether oxygens (including phenoxy) is 1. The van der Waals surface area contributed by atoms with E-state index in [0.717, 1.165) is 0 Å². The molecule has 0 aliphatic heterocycles. The highest BCUT2D eigenvalue weighted by atomic mass is 79.9. The van der Waals surface area contributed by atoms with Crippen LogP contribution in [-0.2, 0) is 5.33 Å². The van der Waals surface area contributed by atoms with Gasteiger partial charge in [-0.15, -0.1) is 0 Å². The summed E-state index contributed by atoms with van der Waals surface area (Å²) in [5.74, 6) is -2.08. The first kappa shape index (κ1) is 11.0. The van der Waals surface area contributed by atoms with Gasteiger partial charge in [-0.05, 0) is 17.7 Å². The molecule has 0 spiro atoms. The molecule has 76 valence electrons. The molecular weight excluding hydrogens is 255 g/mol. The zero-order chi connectivity index (χ0) is 10.7. The number of alkyl halides is 1. The fourth-order valence-electron chi connectivity index (χ4n) is 1.08. The van der Waals surface area contributed by atoms with Crippen molar-refractivity contribution < 1.29 is 19.0 Å². The van der Waals surface area contributed by atoms with E-state index in [1.807, 2.05) is 0 Å². The maximum atomic E-state index is 13.3. The van der Waals surface area contributed by atoms with Crippen LogP contribution in [0.4, 0.5) is 4.39 Å². The lowest BCUT2D eigenvalue weighted by Crippen LogP contribution is -2.04. The first-order valence-corrected chi connectivity index (χ1v) is 4.88. The molecule has 1 rings (SSSR count). The molecule has 0 unspecified atom stereocenters. The molecule has 0 fully saturated rings. The highest BCUT2D eigenvalue weighted by Crippen LogP contribution is 2.24. The first-order valence-electron chi connectivity index (χ1n) is 3.75. The van der Waals surface area contributed by atoms with Crippen LogP contribution < -0.4 is 4.74 Å². The maximum absolute atomic E-state index is 13.3. The molecular formula is C9H8BrFO3. The molecule has 0 heterocycles. The van der Waals surface area contributed by atoms with E-state index >= 15 is 0 Å². The van der Waals surface area contributed by atoms with Crippen molar-refractivity contribution in [2.45, 2.75) is 5.33 Å². The number of hydrogen-bond acceptors (Lipinski definition) is 2. The van der Waals surface area contributed by atoms with Crippen LogP contribution in [0.3, 0.4) is 0 Å². The number of benzene rings is 1. The van der Waals surface area contributed by atoms with Crippen molar-refractivity contribution in [3.05, 3.63) is 29.1 Å².